The summed E-state index contributed by atoms with van der Waals surface area (Å²) in [5.74, 6) is 0.568. The molecule has 1 aromatic carbocycles. The maximum atomic E-state index is 13.8. The number of hydrogen-bond acceptors (Lipinski definition) is 3. The van der Waals surface area contributed by atoms with E-state index in [0.717, 1.165) is 37.0 Å². The molecule has 1 aliphatic rings. The Hall–Kier alpha value is -1.62. The van der Waals surface area contributed by atoms with Crippen LogP contribution in [0.3, 0.4) is 0 Å². The van der Waals surface area contributed by atoms with E-state index in [0.29, 0.717) is 5.52 Å². The number of fused-ring (bicyclic) bond motifs is 1. The number of nitrogens with zero attached hydrogens (tertiary/aromatic N) is 3. The fourth-order valence-corrected chi connectivity index (χ4v) is 2.70. The number of rotatable bonds is 1. The summed E-state index contributed by atoms with van der Waals surface area (Å²) in [6.07, 6.45) is 3.21. The summed E-state index contributed by atoms with van der Waals surface area (Å²) in [4.78, 5) is 2.09. The number of para-hydroxylation sites is 1. The lowest BCUT2D eigenvalue weighted by atomic mass is 10.1. The molecule has 4 nitrogen and oxygen atoms in total. The zero-order chi connectivity index (χ0) is 12.7. The van der Waals surface area contributed by atoms with Crippen molar-refractivity contribution < 1.29 is 4.39 Å². The Kier molecular flexibility index (Phi) is 2.70. The fraction of sp³-hybridized carbons (Fsp3) is 0.462. The third-order valence-electron chi connectivity index (χ3n) is 3.62. The highest BCUT2D eigenvalue weighted by atomic mass is 19.1. The van der Waals surface area contributed by atoms with Crippen LogP contribution in [0.4, 0.5) is 10.2 Å². The van der Waals surface area contributed by atoms with Crippen molar-refractivity contribution in [3.05, 3.63) is 24.0 Å². The van der Waals surface area contributed by atoms with Crippen LogP contribution in [0.25, 0.3) is 10.9 Å². The van der Waals surface area contributed by atoms with Gasteiger partial charge in [0.2, 0.25) is 0 Å². The minimum absolute atomic E-state index is 0.0138. The lowest BCUT2D eigenvalue weighted by Gasteiger charge is -2.33. The average molecular weight is 248 g/mol. The van der Waals surface area contributed by atoms with Gasteiger partial charge in [0.1, 0.15) is 11.3 Å². The maximum absolute atomic E-state index is 13.8. The first-order valence-corrected chi connectivity index (χ1v) is 6.32. The van der Waals surface area contributed by atoms with Gasteiger partial charge in [0.25, 0.3) is 0 Å². The Morgan fingerprint density at radius 1 is 1.39 bits per heavy atom. The summed E-state index contributed by atoms with van der Waals surface area (Å²) in [5.41, 5.74) is 6.68. The van der Waals surface area contributed by atoms with E-state index < -0.39 is 0 Å². The van der Waals surface area contributed by atoms with Crippen LogP contribution in [0.5, 0.6) is 0 Å². The van der Waals surface area contributed by atoms with Crippen LogP contribution in [0.15, 0.2) is 18.2 Å². The molecule has 0 spiro atoms. The summed E-state index contributed by atoms with van der Waals surface area (Å²) in [6, 6.07) is 5.09. The summed E-state index contributed by atoms with van der Waals surface area (Å²) in [5, 5.41) is 5.29. The molecule has 1 aromatic heterocycles. The van der Waals surface area contributed by atoms with Crippen molar-refractivity contribution in [2.45, 2.75) is 25.4 Å². The predicted octanol–water partition coefficient (Wildman–Crippen LogP) is 1.99. The summed E-state index contributed by atoms with van der Waals surface area (Å²) < 4.78 is 15.4. The first-order chi connectivity index (χ1) is 8.68. The van der Waals surface area contributed by atoms with Crippen molar-refractivity contribution in [2.75, 3.05) is 11.4 Å². The zero-order valence-electron chi connectivity index (χ0n) is 10.4. The van der Waals surface area contributed by atoms with E-state index in [2.05, 4.69) is 10.00 Å². The van der Waals surface area contributed by atoms with Crippen molar-refractivity contribution >= 4 is 16.7 Å². The highest BCUT2D eigenvalue weighted by Crippen LogP contribution is 2.30. The number of benzene rings is 1. The smallest absolute Gasteiger partial charge is 0.159 e. The molecule has 96 valence electrons. The highest BCUT2D eigenvalue weighted by molar-refractivity contribution is 5.91. The van der Waals surface area contributed by atoms with Crippen molar-refractivity contribution in [3.63, 3.8) is 0 Å². The number of anilines is 1. The van der Waals surface area contributed by atoms with Gasteiger partial charge < -0.3 is 10.6 Å². The number of halogens is 1. The van der Waals surface area contributed by atoms with Gasteiger partial charge in [-0.3, -0.25) is 4.68 Å². The molecule has 1 atom stereocenters. The van der Waals surface area contributed by atoms with Gasteiger partial charge in [0.15, 0.2) is 5.82 Å². The molecule has 0 aliphatic carbocycles. The number of piperidine rings is 1. The molecular formula is C13H17FN4. The monoisotopic (exact) mass is 248 g/mol. The van der Waals surface area contributed by atoms with E-state index in [9.17, 15) is 4.39 Å². The Labute approximate surface area is 105 Å². The SMILES string of the molecule is Cn1nc(N2CCCCC2N)c2cccc(F)c21. The molecule has 0 bridgehead atoms. The summed E-state index contributed by atoms with van der Waals surface area (Å²) >= 11 is 0. The molecule has 1 unspecified atom stereocenters. The summed E-state index contributed by atoms with van der Waals surface area (Å²) in [7, 11) is 1.77. The molecule has 0 saturated carbocycles. The van der Waals surface area contributed by atoms with Crippen LogP contribution in [-0.4, -0.2) is 22.5 Å². The number of hydrogen-bond donors (Lipinski definition) is 1. The van der Waals surface area contributed by atoms with Gasteiger partial charge in [-0.2, -0.15) is 5.10 Å². The molecule has 1 saturated heterocycles. The van der Waals surface area contributed by atoms with Crippen LogP contribution in [0.2, 0.25) is 0 Å². The van der Waals surface area contributed by atoms with Crippen LogP contribution < -0.4 is 10.6 Å². The lowest BCUT2D eigenvalue weighted by Crippen LogP contribution is -2.45. The van der Waals surface area contributed by atoms with E-state index in [1.54, 1.807) is 17.8 Å². The van der Waals surface area contributed by atoms with Crippen LogP contribution in [0, 0.1) is 5.82 Å². The summed E-state index contributed by atoms with van der Waals surface area (Å²) in [6.45, 7) is 0.893. The van der Waals surface area contributed by atoms with E-state index in [1.807, 2.05) is 6.07 Å². The molecule has 2 heterocycles. The van der Waals surface area contributed by atoms with Crippen molar-refractivity contribution in [3.8, 4) is 0 Å². The minimum Gasteiger partial charge on any atom is -0.339 e. The number of aromatic nitrogens is 2. The van der Waals surface area contributed by atoms with Gasteiger partial charge >= 0.3 is 0 Å². The molecule has 0 amide bonds. The van der Waals surface area contributed by atoms with Crippen molar-refractivity contribution in [1.82, 2.24) is 9.78 Å². The van der Waals surface area contributed by atoms with E-state index in [-0.39, 0.29) is 12.0 Å². The zero-order valence-corrected chi connectivity index (χ0v) is 10.4. The first-order valence-electron chi connectivity index (χ1n) is 6.32. The number of aryl methyl sites for hydroxylation is 1. The van der Waals surface area contributed by atoms with Crippen molar-refractivity contribution in [1.29, 1.82) is 0 Å². The van der Waals surface area contributed by atoms with Crippen LogP contribution in [0.1, 0.15) is 19.3 Å². The van der Waals surface area contributed by atoms with E-state index in [1.165, 1.54) is 6.07 Å². The maximum Gasteiger partial charge on any atom is 0.159 e. The quantitative estimate of drug-likeness (QED) is 0.839. The van der Waals surface area contributed by atoms with Gasteiger partial charge in [-0.1, -0.05) is 6.07 Å². The van der Waals surface area contributed by atoms with Gasteiger partial charge in [0.05, 0.1) is 6.17 Å². The third-order valence-corrected chi connectivity index (χ3v) is 3.62. The first kappa shape index (κ1) is 11.5. The van der Waals surface area contributed by atoms with E-state index in [4.69, 9.17) is 5.73 Å². The average Bonchev–Trinajstić information content (AvgIpc) is 2.69. The third kappa shape index (κ3) is 1.66. The van der Waals surface area contributed by atoms with Gasteiger partial charge in [-0.15, -0.1) is 0 Å². The second-order valence-corrected chi connectivity index (χ2v) is 4.84. The molecule has 18 heavy (non-hydrogen) atoms. The lowest BCUT2D eigenvalue weighted by molar-refractivity contribution is 0.466. The van der Waals surface area contributed by atoms with E-state index >= 15 is 0 Å². The largest absolute Gasteiger partial charge is 0.339 e. The van der Waals surface area contributed by atoms with Crippen molar-refractivity contribution in [2.24, 2.45) is 12.8 Å². The molecule has 3 rings (SSSR count). The fourth-order valence-electron chi connectivity index (χ4n) is 2.70. The Morgan fingerprint density at radius 2 is 2.22 bits per heavy atom. The standard InChI is InChI=1S/C13H17FN4/c1-17-12-9(5-4-6-10(12)14)13(16-17)18-8-3-2-7-11(18)15/h4-6,11H,2-3,7-8,15H2,1H3. The molecule has 2 N–H and O–H groups in total. The Balaban J connectivity index is 2.15. The normalized spacial score (nSPS) is 20.6. The topological polar surface area (TPSA) is 47.1 Å². The molecule has 5 heteroatoms. The predicted molar refractivity (Wildman–Crippen MR) is 69.8 cm³/mol. The van der Waals surface area contributed by atoms with Gasteiger partial charge in [-0.25, -0.2) is 4.39 Å². The Bertz CT molecular complexity index is 578. The van der Waals surface area contributed by atoms with Crippen LogP contribution in [-0.2, 0) is 7.05 Å². The number of nitrogens with two attached hydrogens (primary N) is 1. The minimum atomic E-state index is -0.237. The molecule has 2 aromatic rings. The van der Waals surface area contributed by atoms with Gasteiger partial charge in [0, 0.05) is 19.0 Å². The van der Waals surface area contributed by atoms with Crippen LogP contribution >= 0.6 is 0 Å². The highest BCUT2D eigenvalue weighted by Gasteiger charge is 2.24. The molecular weight excluding hydrogens is 231 g/mol. The molecule has 0 radical (unpaired) electrons. The second-order valence-electron chi connectivity index (χ2n) is 4.84. The molecule has 1 fully saturated rings. The van der Waals surface area contributed by atoms with Gasteiger partial charge in [-0.05, 0) is 31.4 Å². The second kappa shape index (κ2) is 4.24. The molecule has 1 aliphatic heterocycles. The Morgan fingerprint density at radius 3 is 3.00 bits per heavy atom.